The number of carbonyl (C=O) groups excluding carboxylic acids is 1. The van der Waals surface area contributed by atoms with Crippen molar-refractivity contribution in [2.24, 2.45) is 0 Å². The quantitative estimate of drug-likeness (QED) is 0.597. The van der Waals surface area contributed by atoms with Crippen molar-refractivity contribution in [3.8, 4) is 0 Å². The van der Waals surface area contributed by atoms with Gasteiger partial charge in [0.25, 0.3) is 0 Å². The Bertz CT molecular complexity index is 214. The molecule has 0 radical (unpaired) electrons. The average molecular weight is 241 g/mol. The van der Waals surface area contributed by atoms with Gasteiger partial charge in [-0.25, -0.2) is 0 Å². The fourth-order valence-electron chi connectivity index (χ4n) is 2.21. The van der Waals surface area contributed by atoms with Gasteiger partial charge in [0, 0.05) is 19.0 Å². The second-order valence-corrected chi connectivity index (χ2v) is 5.06. The molecule has 0 aromatic heterocycles. The zero-order valence-electron chi connectivity index (χ0n) is 11.2. The van der Waals surface area contributed by atoms with Gasteiger partial charge in [0.1, 0.15) is 0 Å². The molecule has 17 heavy (non-hydrogen) atoms. The monoisotopic (exact) mass is 241 g/mol. The molecular weight excluding hydrogens is 214 g/mol. The van der Waals surface area contributed by atoms with Crippen LogP contribution in [0.4, 0.5) is 0 Å². The van der Waals surface area contributed by atoms with E-state index in [2.05, 4.69) is 6.92 Å². The molecule has 1 fully saturated rings. The average Bonchev–Trinajstić information content (AvgIpc) is 3.14. The van der Waals surface area contributed by atoms with Crippen molar-refractivity contribution in [3.05, 3.63) is 0 Å². The molecular formula is C14H27NO2. The van der Waals surface area contributed by atoms with Gasteiger partial charge in [0.05, 0.1) is 6.61 Å². The first-order valence-electron chi connectivity index (χ1n) is 7.20. The lowest BCUT2D eigenvalue weighted by molar-refractivity contribution is -0.132. The van der Waals surface area contributed by atoms with E-state index in [1.54, 1.807) is 0 Å². The zero-order chi connectivity index (χ0) is 12.5. The number of aliphatic hydroxyl groups excluding tert-OH is 1. The summed E-state index contributed by atoms with van der Waals surface area (Å²) in [6, 6.07) is 0.440. The summed E-state index contributed by atoms with van der Waals surface area (Å²) >= 11 is 0. The molecule has 1 aliphatic rings. The van der Waals surface area contributed by atoms with Crippen molar-refractivity contribution in [3.63, 3.8) is 0 Å². The molecule has 3 nitrogen and oxygen atoms in total. The Hall–Kier alpha value is -0.570. The Morgan fingerprint density at radius 2 is 1.82 bits per heavy atom. The molecule has 0 aromatic rings. The fraction of sp³-hybridized carbons (Fsp3) is 0.929. The fourth-order valence-corrected chi connectivity index (χ4v) is 2.21. The lowest BCUT2D eigenvalue weighted by Gasteiger charge is -2.21. The number of carbonyl (C=O) groups is 1. The zero-order valence-corrected chi connectivity index (χ0v) is 11.2. The van der Waals surface area contributed by atoms with Crippen molar-refractivity contribution >= 4 is 5.91 Å². The van der Waals surface area contributed by atoms with E-state index in [1.807, 2.05) is 4.90 Å². The summed E-state index contributed by atoms with van der Waals surface area (Å²) in [6.07, 6.45) is 10.2. The molecule has 0 bridgehead atoms. The van der Waals surface area contributed by atoms with Crippen molar-refractivity contribution in [1.82, 2.24) is 4.90 Å². The molecule has 0 saturated heterocycles. The molecule has 0 heterocycles. The van der Waals surface area contributed by atoms with E-state index in [0.717, 1.165) is 19.3 Å². The minimum Gasteiger partial charge on any atom is -0.395 e. The molecule has 1 rings (SSSR count). The second-order valence-electron chi connectivity index (χ2n) is 5.06. The van der Waals surface area contributed by atoms with Crippen molar-refractivity contribution in [2.75, 3.05) is 13.2 Å². The number of nitrogens with zero attached hydrogens (tertiary/aromatic N) is 1. The lowest BCUT2D eigenvalue weighted by Crippen LogP contribution is -2.35. The molecule has 0 unspecified atom stereocenters. The number of aliphatic hydroxyl groups is 1. The molecule has 1 amide bonds. The van der Waals surface area contributed by atoms with Crippen LogP contribution < -0.4 is 0 Å². The van der Waals surface area contributed by atoms with Gasteiger partial charge in [-0.05, 0) is 19.3 Å². The summed E-state index contributed by atoms with van der Waals surface area (Å²) in [5, 5.41) is 8.94. The maximum absolute atomic E-state index is 11.9. The van der Waals surface area contributed by atoms with E-state index in [4.69, 9.17) is 5.11 Å². The highest BCUT2D eigenvalue weighted by molar-refractivity contribution is 5.76. The van der Waals surface area contributed by atoms with E-state index in [9.17, 15) is 4.79 Å². The van der Waals surface area contributed by atoms with Crippen LogP contribution in [0, 0.1) is 0 Å². The predicted molar refractivity (Wildman–Crippen MR) is 69.8 cm³/mol. The Labute approximate surface area is 105 Å². The highest BCUT2D eigenvalue weighted by Gasteiger charge is 2.31. The van der Waals surface area contributed by atoms with Gasteiger partial charge in [-0.2, -0.15) is 0 Å². The topological polar surface area (TPSA) is 40.5 Å². The first-order chi connectivity index (χ1) is 8.29. The Morgan fingerprint density at radius 1 is 1.18 bits per heavy atom. The molecule has 1 saturated carbocycles. The predicted octanol–water partition coefficient (Wildman–Crippen LogP) is 2.72. The number of rotatable bonds is 10. The summed E-state index contributed by atoms with van der Waals surface area (Å²) in [4.78, 5) is 13.8. The third-order valence-electron chi connectivity index (χ3n) is 3.39. The summed E-state index contributed by atoms with van der Waals surface area (Å²) in [7, 11) is 0. The van der Waals surface area contributed by atoms with Crippen LogP contribution in [0.25, 0.3) is 0 Å². The lowest BCUT2D eigenvalue weighted by atomic mass is 10.1. The van der Waals surface area contributed by atoms with Gasteiger partial charge in [-0.3, -0.25) is 4.79 Å². The third-order valence-corrected chi connectivity index (χ3v) is 3.39. The molecule has 0 aliphatic heterocycles. The minimum absolute atomic E-state index is 0.0960. The molecule has 0 aromatic carbocycles. The van der Waals surface area contributed by atoms with Crippen LogP contribution in [0.1, 0.15) is 64.7 Å². The summed E-state index contributed by atoms with van der Waals surface area (Å²) in [5.41, 5.74) is 0. The Kier molecular flexibility index (Phi) is 7.25. The van der Waals surface area contributed by atoms with Crippen molar-refractivity contribution in [1.29, 1.82) is 0 Å². The number of amides is 1. The summed E-state index contributed by atoms with van der Waals surface area (Å²) < 4.78 is 0. The van der Waals surface area contributed by atoms with Gasteiger partial charge in [-0.15, -0.1) is 0 Å². The van der Waals surface area contributed by atoms with Crippen LogP contribution >= 0.6 is 0 Å². The van der Waals surface area contributed by atoms with Gasteiger partial charge in [0.15, 0.2) is 0 Å². The van der Waals surface area contributed by atoms with Gasteiger partial charge in [-0.1, -0.05) is 39.0 Å². The Morgan fingerprint density at radius 3 is 2.41 bits per heavy atom. The maximum Gasteiger partial charge on any atom is 0.222 e. The molecule has 1 N–H and O–H groups in total. The van der Waals surface area contributed by atoms with E-state index in [-0.39, 0.29) is 12.5 Å². The molecule has 1 aliphatic carbocycles. The maximum atomic E-state index is 11.9. The van der Waals surface area contributed by atoms with Crippen LogP contribution in [0.15, 0.2) is 0 Å². The van der Waals surface area contributed by atoms with E-state index in [1.165, 1.54) is 32.1 Å². The summed E-state index contributed by atoms with van der Waals surface area (Å²) in [5.74, 6) is 0.247. The van der Waals surface area contributed by atoms with Crippen LogP contribution in [0.3, 0.4) is 0 Å². The van der Waals surface area contributed by atoms with Crippen LogP contribution in [-0.2, 0) is 4.79 Å². The van der Waals surface area contributed by atoms with Crippen LogP contribution in [0.2, 0.25) is 0 Å². The van der Waals surface area contributed by atoms with E-state index < -0.39 is 0 Å². The number of unbranched alkanes of at least 4 members (excludes halogenated alkanes) is 5. The van der Waals surface area contributed by atoms with Gasteiger partial charge in [0.2, 0.25) is 5.91 Å². The van der Waals surface area contributed by atoms with E-state index in [0.29, 0.717) is 19.0 Å². The standard InChI is InChI=1S/C14H27NO2/c1-2-3-4-5-6-7-8-14(17)15(11-12-16)13-9-10-13/h13,16H,2-12H2,1H3. The number of hydrogen-bond acceptors (Lipinski definition) is 2. The molecule has 100 valence electrons. The molecule has 0 atom stereocenters. The minimum atomic E-state index is 0.0960. The highest BCUT2D eigenvalue weighted by Crippen LogP contribution is 2.27. The first-order valence-corrected chi connectivity index (χ1v) is 7.20. The summed E-state index contributed by atoms with van der Waals surface area (Å²) in [6.45, 7) is 2.84. The van der Waals surface area contributed by atoms with Gasteiger partial charge >= 0.3 is 0 Å². The third kappa shape index (κ3) is 6.06. The first kappa shape index (κ1) is 14.5. The normalized spacial score (nSPS) is 14.9. The molecule has 0 spiro atoms. The van der Waals surface area contributed by atoms with Gasteiger partial charge < -0.3 is 10.0 Å². The van der Waals surface area contributed by atoms with Crippen molar-refractivity contribution in [2.45, 2.75) is 70.8 Å². The SMILES string of the molecule is CCCCCCCCC(=O)N(CCO)C1CC1. The highest BCUT2D eigenvalue weighted by atomic mass is 16.3. The Balaban J connectivity index is 2.06. The van der Waals surface area contributed by atoms with Crippen LogP contribution in [-0.4, -0.2) is 35.1 Å². The van der Waals surface area contributed by atoms with Crippen molar-refractivity contribution < 1.29 is 9.90 Å². The van der Waals surface area contributed by atoms with E-state index >= 15 is 0 Å². The van der Waals surface area contributed by atoms with Crippen LogP contribution in [0.5, 0.6) is 0 Å². The smallest absolute Gasteiger partial charge is 0.222 e. The second kappa shape index (κ2) is 8.51. The number of hydrogen-bond donors (Lipinski definition) is 1. The molecule has 3 heteroatoms. The largest absolute Gasteiger partial charge is 0.395 e.